The maximum absolute atomic E-state index is 11.8. The molecule has 1 unspecified atom stereocenters. The summed E-state index contributed by atoms with van der Waals surface area (Å²) >= 11 is 1.60. The molecule has 1 fully saturated rings. The number of thiazole rings is 1. The van der Waals surface area contributed by atoms with Crippen LogP contribution in [0.15, 0.2) is 42.5 Å². The average Bonchev–Trinajstić information content (AvgIpc) is 3.20. The second-order valence-corrected chi connectivity index (χ2v) is 9.37. The molecule has 166 valence electrons. The van der Waals surface area contributed by atoms with Crippen LogP contribution in [-0.2, 0) is 11.2 Å². The topological polar surface area (TPSA) is 80.7 Å². The van der Waals surface area contributed by atoms with Gasteiger partial charge in [0.2, 0.25) is 0 Å². The molecule has 0 amide bonds. The van der Waals surface area contributed by atoms with E-state index in [-0.39, 0.29) is 12.1 Å². The van der Waals surface area contributed by atoms with E-state index in [4.69, 9.17) is 9.47 Å². The molecule has 0 radical (unpaired) electrons. The number of nitrogens with one attached hydrogen (secondary N) is 1. The number of hydrogen-bond donors (Lipinski definition) is 2. The Balaban J connectivity index is 1.49. The van der Waals surface area contributed by atoms with Gasteiger partial charge in [-0.3, -0.25) is 0 Å². The van der Waals surface area contributed by atoms with Crippen molar-refractivity contribution in [3.8, 4) is 16.9 Å². The van der Waals surface area contributed by atoms with Crippen LogP contribution in [0.1, 0.15) is 59.1 Å². The number of carbonyl (C=O) groups excluding carboxylic acids is 1. The lowest BCUT2D eigenvalue weighted by molar-refractivity contribution is 0.0600. The number of methoxy groups -OCH3 is 1. The molecule has 1 atom stereocenters. The molecule has 1 heterocycles. The molecular weight excluding hydrogens is 424 g/mol. The largest absolute Gasteiger partial charge is 0.488 e. The number of aryl methyl sites for hydroxylation is 1. The SMILES string of the molecule is COC(=O)c1ccc(-c2cccc(Nc3nc4c(s3)CCCC4O)c2OC2CCC2)cc1. The highest BCUT2D eigenvalue weighted by Crippen LogP contribution is 2.42. The summed E-state index contributed by atoms with van der Waals surface area (Å²) in [5, 5.41) is 14.5. The summed E-state index contributed by atoms with van der Waals surface area (Å²) in [7, 11) is 1.38. The predicted molar refractivity (Wildman–Crippen MR) is 125 cm³/mol. The van der Waals surface area contributed by atoms with Gasteiger partial charge in [-0.05, 0) is 62.3 Å². The third-order valence-electron chi connectivity index (χ3n) is 6.13. The van der Waals surface area contributed by atoms with E-state index < -0.39 is 6.10 Å². The van der Waals surface area contributed by atoms with Crippen molar-refractivity contribution in [3.05, 3.63) is 58.6 Å². The summed E-state index contributed by atoms with van der Waals surface area (Å²) < 4.78 is 11.2. The highest BCUT2D eigenvalue weighted by Gasteiger charge is 2.25. The zero-order chi connectivity index (χ0) is 22.1. The van der Waals surface area contributed by atoms with Crippen molar-refractivity contribution in [1.82, 2.24) is 4.98 Å². The number of anilines is 2. The third kappa shape index (κ3) is 4.10. The van der Waals surface area contributed by atoms with Crippen LogP contribution in [0.25, 0.3) is 11.1 Å². The van der Waals surface area contributed by atoms with Gasteiger partial charge in [-0.1, -0.05) is 24.3 Å². The summed E-state index contributed by atoms with van der Waals surface area (Å²) in [5.41, 5.74) is 4.09. The molecule has 2 aliphatic carbocycles. The first-order chi connectivity index (χ1) is 15.6. The van der Waals surface area contributed by atoms with Crippen LogP contribution in [0.3, 0.4) is 0 Å². The van der Waals surface area contributed by atoms with Gasteiger partial charge in [0.1, 0.15) is 0 Å². The lowest BCUT2D eigenvalue weighted by Gasteiger charge is -2.29. The first-order valence-electron chi connectivity index (χ1n) is 11.1. The number of rotatable bonds is 6. The average molecular weight is 451 g/mol. The third-order valence-corrected chi connectivity index (χ3v) is 7.18. The van der Waals surface area contributed by atoms with Crippen LogP contribution in [0.2, 0.25) is 0 Å². The van der Waals surface area contributed by atoms with E-state index in [9.17, 15) is 9.90 Å². The van der Waals surface area contributed by atoms with Crippen LogP contribution >= 0.6 is 11.3 Å². The molecule has 2 N–H and O–H groups in total. The molecule has 2 aliphatic rings. The van der Waals surface area contributed by atoms with Crippen LogP contribution in [-0.4, -0.2) is 29.3 Å². The van der Waals surface area contributed by atoms with Crippen LogP contribution in [0.4, 0.5) is 10.8 Å². The molecule has 6 nitrogen and oxygen atoms in total. The molecule has 1 saturated carbocycles. The first kappa shape index (κ1) is 21.0. The van der Waals surface area contributed by atoms with E-state index in [2.05, 4.69) is 10.3 Å². The smallest absolute Gasteiger partial charge is 0.337 e. The Hall–Kier alpha value is -2.90. The Morgan fingerprint density at radius 2 is 1.94 bits per heavy atom. The molecule has 5 rings (SSSR count). The number of ether oxygens (including phenoxy) is 2. The van der Waals surface area contributed by atoms with Crippen molar-refractivity contribution in [2.75, 3.05) is 12.4 Å². The van der Waals surface area contributed by atoms with Crippen molar-refractivity contribution < 1.29 is 19.4 Å². The highest BCUT2D eigenvalue weighted by molar-refractivity contribution is 7.15. The lowest BCUT2D eigenvalue weighted by Crippen LogP contribution is -2.25. The number of hydrogen-bond acceptors (Lipinski definition) is 7. The predicted octanol–water partition coefficient (Wildman–Crippen LogP) is 5.64. The monoisotopic (exact) mass is 450 g/mol. The van der Waals surface area contributed by atoms with Crippen LogP contribution in [0, 0.1) is 0 Å². The Bertz CT molecular complexity index is 1120. The van der Waals surface area contributed by atoms with E-state index >= 15 is 0 Å². The fourth-order valence-corrected chi connectivity index (χ4v) is 5.18. The van der Waals surface area contributed by atoms with E-state index in [0.717, 1.165) is 70.4 Å². The van der Waals surface area contributed by atoms with Gasteiger partial charge in [-0.25, -0.2) is 9.78 Å². The number of carbonyl (C=O) groups is 1. The van der Waals surface area contributed by atoms with Crippen LogP contribution < -0.4 is 10.1 Å². The number of fused-ring (bicyclic) bond motifs is 1. The van der Waals surface area contributed by atoms with E-state index in [1.807, 2.05) is 30.3 Å². The van der Waals surface area contributed by atoms with Crippen molar-refractivity contribution in [2.24, 2.45) is 0 Å². The second kappa shape index (κ2) is 8.92. The van der Waals surface area contributed by atoms with Gasteiger partial charge in [-0.2, -0.15) is 0 Å². The molecule has 0 aliphatic heterocycles. The van der Waals surface area contributed by atoms with Gasteiger partial charge in [0.15, 0.2) is 10.9 Å². The number of benzene rings is 2. The standard InChI is InChI=1S/C25H26N2O4S/c1-30-24(29)16-13-11-15(12-14-16)18-7-3-8-19(23(18)31-17-5-2-6-17)26-25-27-22-20(28)9-4-10-21(22)32-25/h3,7-8,11-14,17,20,28H,2,4-6,9-10H2,1H3,(H,26,27). The molecule has 32 heavy (non-hydrogen) atoms. The molecule has 0 saturated heterocycles. The molecule has 7 heteroatoms. The van der Waals surface area contributed by atoms with Gasteiger partial charge in [-0.15, -0.1) is 11.3 Å². The number of nitrogens with zero attached hydrogens (tertiary/aromatic N) is 1. The summed E-state index contributed by atoms with van der Waals surface area (Å²) in [6.45, 7) is 0. The number of esters is 1. The molecule has 1 aromatic heterocycles. The Morgan fingerprint density at radius 3 is 2.62 bits per heavy atom. The van der Waals surface area contributed by atoms with Gasteiger partial charge < -0.3 is 19.9 Å². The fourth-order valence-electron chi connectivity index (χ4n) is 4.11. The van der Waals surface area contributed by atoms with Gasteiger partial charge in [0, 0.05) is 10.4 Å². The molecular formula is C25H26N2O4S. The summed E-state index contributed by atoms with van der Waals surface area (Å²) in [6.07, 6.45) is 5.73. The van der Waals surface area contributed by atoms with E-state index in [1.54, 1.807) is 23.5 Å². The van der Waals surface area contributed by atoms with Crippen LogP contribution in [0.5, 0.6) is 5.75 Å². The lowest BCUT2D eigenvalue weighted by atomic mass is 9.95. The van der Waals surface area contributed by atoms with Gasteiger partial charge in [0.25, 0.3) is 0 Å². The fraction of sp³-hybridized carbons (Fsp3) is 0.360. The Morgan fingerprint density at radius 1 is 1.12 bits per heavy atom. The minimum atomic E-state index is -0.476. The maximum Gasteiger partial charge on any atom is 0.337 e. The minimum Gasteiger partial charge on any atom is -0.488 e. The van der Waals surface area contributed by atoms with E-state index in [0.29, 0.717) is 5.56 Å². The van der Waals surface area contributed by atoms with Gasteiger partial charge >= 0.3 is 5.97 Å². The van der Waals surface area contributed by atoms with Crippen molar-refractivity contribution in [1.29, 1.82) is 0 Å². The molecule has 0 bridgehead atoms. The maximum atomic E-state index is 11.8. The molecule has 2 aromatic carbocycles. The highest BCUT2D eigenvalue weighted by atomic mass is 32.1. The minimum absolute atomic E-state index is 0.206. The van der Waals surface area contributed by atoms with Crippen molar-refractivity contribution in [3.63, 3.8) is 0 Å². The second-order valence-electron chi connectivity index (χ2n) is 8.28. The quantitative estimate of drug-likeness (QED) is 0.473. The van der Waals surface area contributed by atoms with Crippen molar-refractivity contribution >= 4 is 28.1 Å². The first-order valence-corrected chi connectivity index (χ1v) is 11.9. The molecule has 3 aromatic rings. The number of aliphatic hydroxyl groups is 1. The summed E-state index contributed by atoms with van der Waals surface area (Å²) in [4.78, 5) is 17.6. The Labute approximate surface area is 191 Å². The Kier molecular flexibility index (Phi) is 5.85. The summed E-state index contributed by atoms with van der Waals surface area (Å²) in [6, 6.07) is 13.4. The zero-order valence-electron chi connectivity index (χ0n) is 18.0. The number of para-hydroxylation sites is 1. The molecule has 0 spiro atoms. The number of aromatic nitrogens is 1. The zero-order valence-corrected chi connectivity index (χ0v) is 18.8. The van der Waals surface area contributed by atoms with Crippen molar-refractivity contribution in [2.45, 2.75) is 50.7 Å². The van der Waals surface area contributed by atoms with E-state index in [1.165, 1.54) is 13.5 Å². The summed E-state index contributed by atoms with van der Waals surface area (Å²) in [5.74, 6) is 0.435. The van der Waals surface area contributed by atoms with Gasteiger partial charge in [0.05, 0.1) is 36.3 Å². The normalized spacial score (nSPS) is 17.9. The number of aliphatic hydroxyl groups excluding tert-OH is 1.